The van der Waals surface area contributed by atoms with Crippen molar-refractivity contribution < 1.29 is 9.53 Å². The first kappa shape index (κ1) is 14.4. The van der Waals surface area contributed by atoms with Crippen molar-refractivity contribution in [3.63, 3.8) is 0 Å². The Kier molecular flexibility index (Phi) is 3.98. The maximum atomic E-state index is 11.7. The summed E-state index contributed by atoms with van der Waals surface area (Å²) >= 11 is 0. The minimum absolute atomic E-state index is 0.105. The number of nitrogens with zero attached hydrogens (tertiary/aromatic N) is 1. The van der Waals surface area contributed by atoms with E-state index in [-0.39, 0.29) is 5.78 Å². The normalized spacial score (nSPS) is 10.7. The Hall–Kier alpha value is -2.03. The van der Waals surface area contributed by atoms with Gasteiger partial charge in [0.05, 0.1) is 6.61 Å². The van der Waals surface area contributed by atoms with E-state index >= 15 is 0 Å². The molecule has 0 atom stereocenters. The first-order valence-corrected chi connectivity index (χ1v) is 6.89. The summed E-state index contributed by atoms with van der Waals surface area (Å²) in [6, 6.07) is 8.00. The van der Waals surface area contributed by atoms with Gasteiger partial charge >= 0.3 is 0 Å². The number of aryl methyl sites for hydroxylation is 2. The molecule has 1 aromatic heterocycles. The predicted molar refractivity (Wildman–Crippen MR) is 81.2 cm³/mol. The monoisotopic (exact) mass is 271 g/mol. The Morgan fingerprint density at radius 3 is 2.40 bits per heavy atom. The van der Waals surface area contributed by atoms with Crippen LogP contribution in [0, 0.1) is 20.8 Å². The smallest absolute Gasteiger partial charge is 0.161 e. The van der Waals surface area contributed by atoms with Gasteiger partial charge in [0.1, 0.15) is 5.75 Å². The minimum Gasteiger partial charge on any atom is -0.494 e. The van der Waals surface area contributed by atoms with Gasteiger partial charge in [0, 0.05) is 22.6 Å². The highest BCUT2D eigenvalue weighted by atomic mass is 16.5. The summed E-state index contributed by atoms with van der Waals surface area (Å²) in [7, 11) is 0. The van der Waals surface area contributed by atoms with Gasteiger partial charge in [-0.15, -0.1) is 0 Å². The van der Waals surface area contributed by atoms with Crippen molar-refractivity contribution in [3.05, 3.63) is 46.8 Å². The van der Waals surface area contributed by atoms with E-state index in [1.807, 2.05) is 45.0 Å². The maximum Gasteiger partial charge on any atom is 0.161 e. The molecule has 106 valence electrons. The highest BCUT2D eigenvalue weighted by molar-refractivity contribution is 5.95. The molecule has 0 aliphatic heterocycles. The third kappa shape index (κ3) is 2.48. The van der Waals surface area contributed by atoms with Crippen molar-refractivity contribution in [1.29, 1.82) is 0 Å². The summed E-state index contributed by atoms with van der Waals surface area (Å²) in [6.45, 7) is 10.3. The Labute approximate surface area is 120 Å². The lowest BCUT2D eigenvalue weighted by Gasteiger charge is -2.14. The Morgan fingerprint density at radius 1 is 1.20 bits per heavy atom. The van der Waals surface area contributed by atoms with E-state index in [0.717, 1.165) is 34.0 Å². The molecular weight excluding hydrogens is 250 g/mol. The van der Waals surface area contributed by atoms with E-state index in [4.69, 9.17) is 4.74 Å². The van der Waals surface area contributed by atoms with E-state index < -0.39 is 0 Å². The number of hydrogen-bond acceptors (Lipinski definition) is 2. The van der Waals surface area contributed by atoms with Crippen molar-refractivity contribution >= 4 is 5.78 Å². The third-order valence-corrected chi connectivity index (χ3v) is 3.53. The van der Waals surface area contributed by atoms with Gasteiger partial charge in [-0.1, -0.05) is 0 Å². The number of benzene rings is 1. The van der Waals surface area contributed by atoms with Gasteiger partial charge in [0.15, 0.2) is 5.78 Å². The van der Waals surface area contributed by atoms with Gasteiger partial charge in [0.2, 0.25) is 0 Å². The molecule has 0 saturated heterocycles. The van der Waals surface area contributed by atoms with Crippen LogP contribution in [0.15, 0.2) is 24.3 Å². The van der Waals surface area contributed by atoms with Crippen LogP contribution in [-0.2, 0) is 0 Å². The van der Waals surface area contributed by atoms with Gasteiger partial charge < -0.3 is 9.30 Å². The quantitative estimate of drug-likeness (QED) is 0.787. The van der Waals surface area contributed by atoms with Gasteiger partial charge in [-0.25, -0.2) is 0 Å². The summed E-state index contributed by atoms with van der Waals surface area (Å²) in [5, 5.41) is 0. The molecule has 20 heavy (non-hydrogen) atoms. The van der Waals surface area contributed by atoms with Gasteiger partial charge in [-0.05, 0) is 64.4 Å². The topological polar surface area (TPSA) is 31.2 Å². The first-order chi connectivity index (χ1) is 9.45. The van der Waals surface area contributed by atoms with Crippen LogP contribution in [0.3, 0.4) is 0 Å². The number of ketones is 1. The third-order valence-electron chi connectivity index (χ3n) is 3.53. The molecule has 0 bridgehead atoms. The molecule has 0 amide bonds. The zero-order valence-electron chi connectivity index (χ0n) is 12.8. The van der Waals surface area contributed by atoms with Crippen molar-refractivity contribution in [1.82, 2.24) is 4.57 Å². The molecule has 1 heterocycles. The molecular formula is C17H21NO2. The molecule has 0 fully saturated rings. The van der Waals surface area contributed by atoms with Crippen molar-refractivity contribution in [3.8, 4) is 11.4 Å². The van der Waals surface area contributed by atoms with Crippen LogP contribution in [0.1, 0.15) is 41.2 Å². The second-order valence-corrected chi connectivity index (χ2v) is 5.06. The molecule has 0 unspecified atom stereocenters. The number of Topliss-reactive ketones (excluding diaryl/α,β-unsaturated/α-hetero) is 1. The van der Waals surface area contributed by atoms with E-state index in [1.54, 1.807) is 6.92 Å². The summed E-state index contributed by atoms with van der Waals surface area (Å²) in [5.74, 6) is 0.982. The molecule has 0 saturated carbocycles. The minimum atomic E-state index is 0.105. The fraction of sp³-hybridized carbons (Fsp3) is 0.353. The van der Waals surface area contributed by atoms with Crippen LogP contribution in [0.25, 0.3) is 5.69 Å². The lowest BCUT2D eigenvalue weighted by Crippen LogP contribution is -2.03. The van der Waals surface area contributed by atoms with Crippen LogP contribution in [-0.4, -0.2) is 17.0 Å². The molecule has 0 aliphatic carbocycles. The van der Waals surface area contributed by atoms with Crippen LogP contribution < -0.4 is 4.74 Å². The van der Waals surface area contributed by atoms with Gasteiger partial charge in [0.25, 0.3) is 0 Å². The highest BCUT2D eigenvalue weighted by Crippen LogP contribution is 2.26. The predicted octanol–water partition coefficient (Wildman–Crippen LogP) is 4.00. The van der Waals surface area contributed by atoms with E-state index in [9.17, 15) is 4.79 Å². The number of aromatic nitrogens is 1. The Balaban J connectivity index is 2.54. The zero-order valence-corrected chi connectivity index (χ0v) is 12.8. The average Bonchev–Trinajstić information content (AvgIpc) is 2.67. The number of carbonyl (C=O) groups is 1. The lowest BCUT2D eigenvalue weighted by molar-refractivity contribution is 0.101. The molecule has 0 aliphatic rings. The summed E-state index contributed by atoms with van der Waals surface area (Å²) in [6.07, 6.45) is 0. The van der Waals surface area contributed by atoms with Crippen LogP contribution in [0.5, 0.6) is 5.75 Å². The number of hydrogen-bond donors (Lipinski definition) is 0. The Bertz CT molecular complexity index is 653. The number of ether oxygens (including phenoxy) is 1. The van der Waals surface area contributed by atoms with Crippen molar-refractivity contribution in [2.45, 2.75) is 34.6 Å². The molecule has 3 nitrogen and oxygen atoms in total. The molecule has 2 rings (SSSR count). The standard InChI is InChI=1S/C17H21NO2/c1-6-20-15-7-8-17(11(2)9-15)18-12(3)10-16(13(18)4)14(5)19/h7-10H,6H2,1-5H3. The van der Waals surface area contributed by atoms with E-state index in [2.05, 4.69) is 11.5 Å². The fourth-order valence-electron chi connectivity index (χ4n) is 2.63. The summed E-state index contributed by atoms with van der Waals surface area (Å²) < 4.78 is 7.64. The molecule has 3 heteroatoms. The molecule has 0 radical (unpaired) electrons. The summed E-state index contributed by atoms with van der Waals surface area (Å²) in [4.78, 5) is 11.7. The molecule has 2 aromatic rings. The fourth-order valence-corrected chi connectivity index (χ4v) is 2.63. The number of carbonyl (C=O) groups excluding carboxylic acids is 1. The maximum absolute atomic E-state index is 11.7. The summed E-state index contributed by atoms with van der Waals surface area (Å²) in [5.41, 5.74) is 5.07. The van der Waals surface area contributed by atoms with Gasteiger partial charge in [-0.3, -0.25) is 4.79 Å². The second-order valence-electron chi connectivity index (χ2n) is 5.06. The zero-order chi connectivity index (χ0) is 14.9. The molecule has 0 N–H and O–H groups in total. The molecule has 0 spiro atoms. The van der Waals surface area contributed by atoms with Crippen LogP contribution in [0.2, 0.25) is 0 Å². The first-order valence-electron chi connectivity index (χ1n) is 6.89. The van der Waals surface area contributed by atoms with Crippen LogP contribution >= 0.6 is 0 Å². The highest BCUT2D eigenvalue weighted by Gasteiger charge is 2.15. The largest absolute Gasteiger partial charge is 0.494 e. The van der Waals surface area contributed by atoms with Crippen molar-refractivity contribution in [2.24, 2.45) is 0 Å². The average molecular weight is 271 g/mol. The van der Waals surface area contributed by atoms with Crippen molar-refractivity contribution in [2.75, 3.05) is 6.61 Å². The molecule has 1 aromatic carbocycles. The number of rotatable bonds is 4. The SMILES string of the molecule is CCOc1ccc(-n2c(C)cc(C(C)=O)c2C)c(C)c1. The van der Waals surface area contributed by atoms with E-state index in [0.29, 0.717) is 6.61 Å². The lowest BCUT2D eigenvalue weighted by atomic mass is 10.1. The van der Waals surface area contributed by atoms with Crippen LogP contribution in [0.4, 0.5) is 0 Å². The van der Waals surface area contributed by atoms with Gasteiger partial charge in [-0.2, -0.15) is 0 Å². The van der Waals surface area contributed by atoms with E-state index in [1.165, 1.54) is 0 Å². The second kappa shape index (κ2) is 5.53. The Morgan fingerprint density at radius 2 is 1.90 bits per heavy atom.